The van der Waals surface area contributed by atoms with Gasteiger partial charge in [0.15, 0.2) is 0 Å². The SMILES string of the molecule is CCN(Cc1nc2ccccc2c(=O)[nH]1)Cc1ccccc1Br. The van der Waals surface area contributed by atoms with E-state index in [1.54, 1.807) is 6.07 Å². The molecule has 4 nitrogen and oxygen atoms in total. The average molecular weight is 372 g/mol. The quantitative estimate of drug-likeness (QED) is 0.743. The van der Waals surface area contributed by atoms with E-state index in [4.69, 9.17) is 0 Å². The molecule has 2 aromatic carbocycles. The summed E-state index contributed by atoms with van der Waals surface area (Å²) < 4.78 is 1.10. The Morgan fingerprint density at radius 3 is 2.61 bits per heavy atom. The number of nitrogens with zero attached hydrogens (tertiary/aromatic N) is 2. The maximum atomic E-state index is 12.2. The zero-order valence-corrected chi connectivity index (χ0v) is 14.5. The van der Waals surface area contributed by atoms with Crippen LogP contribution in [0.1, 0.15) is 18.3 Å². The molecule has 118 valence electrons. The molecule has 0 amide bonds. The molecule has 1 aromatic heterocycles. The van der Waals surface area contributed by atoms with Crippen LogP contribution in [0.2, 0.25) is 0 Å². The van der Waals surface area contributed by atoms with Crippen molar-refractivity contribution >= 4 is 26.8 Å². The van der Waals surface area contributed by atoms with E-state index >= 15 is 0 Å². The Bertz CT molecular complexity index is 875. The van der Waals surface area contributed by atoms with Crippen molar-refractivity contribution in [1.29, 1.82) is 0 Å². The van der Waals surface area contributed by atoms with Crippen LogP contribution in [-0.4, -0.2) is 21.4 Å². The monoisotopic (exact) mass is 371 g/mol. The molecule has 0 aliphatic carbocycles. The number of para-hydroxylation sites is 1. The van der Waals surface area contributed by atoms with Gasteiger partial charge in [0.1, 0.15) is 5.82 Å². The van der Waals surface area contributed by atoms with Gasteiger partial charge in [-0.2, -0.15) is 0 Å². The van der Waals surface area contributed by atoms with Gasteiger partial charge in [-0.1, -0.05) is 53.2 Å². The molecule has 0 bridgehead atoms. The maximum absolute atomic E-state index is 12.2. The Morgan fingerprint density at radius 2 is 1.83 bits per heavy atom. The van der Waals surface area contributed by atoms with E-state index in [1.165, 1.54) is 5.56 Å². The number of H-pyrrole nitrogens is 1. The molecule has 0 atom stereocenters. The molecule has 3 aromatic rings. The van der Waals surface area contributed by atoms with Crippen molar-refractivity contribution < 1.29 is 0 Å². The molecule has 3 rings (SSSR count). The second-order valence-electron chi connectivity index (χ2n) is 5.42. The standard InChI is InChI=1S/C18H18BrN3O/c1-2-22(11-13-7-3-5-9-15(13)19)12-17-20-16-10-6-4-8-14(16)18(23)21-17/h3-10H,2,11-12H2,1H3,(H,20,21,23). The van der Waals surface area contributed by atoms with Crippen LogP contribution in [0.3, 0.4) is 0 Å². The van der Waals surface area contributed by atoms with E-state index < -0.39 is 0 Å². The third kappa shape index (κ3) is 3.68. The fourth-order valence-electron chi connectivity index (χ4n) is 2.57. The number of hydrogen-bond donors (Lipinski definition) is 1. The van der Waals surface area contributed by atoms with Crippen LogP contribution in [-0.2, 0) is 13.1 Å². The number of rotatable bonds is 5. The first kappa shape index (κ1) is 15.9. The first-order valence-electron chi connectivity index (χ1n) is 7.61. The van der Waals surface area contributed by atoms with Crippen molar-refractivity contribution in [3.63, 3.8) is 0 Å². The van der Waals surface area contributed by atoms with Crippen molar-refractivity contribution in [3.8, 4) is 0 Å². The van der Waals surface area contributed by atoms with Crippen LogP contribution in [0, 0.1) is 0 Å². The van der Waals surface area contributed by atoms with Crippen molar-refractivity contribution in [2.75, 3.05) is 6.54 Å². The highest BCUT2D eigenvalue weighted by Crippen LogP contribution is 2.18. The molecular weight excluding hydrogens is 354 g/mol. The van der Waals surface area contributed by atoms with Gasteiger partial charge in [0.05, 0.1) is 17.4 Å². The Kier molecular flexibility index (Phi) is 4.88. The molecule has 0 fully saturated rings. The van der Waals surface area contributed by atoms with Crippen LogP contribution < -0.4 is 5.56 Å². The summed E-state index contributed by atoms with van der Waals surface area (Å²) in [4.78, 5) is 21.9. The Morgan fingerprint density at radius 1 is 1.09 bits per heavy atom. The summed E-state index contributed by atoms with van der Waals surface area (Å²) in [5, 5.41) is 0.630. The molecule has 23 heavy (non-hydrogen) atoms. The van der Waals surface area contributed by atoms with Crippen LogP contribution in [0.25, 0.3) is 10.9 Å². The van der Waals surface area contributed by atoms with Crippen LogP contribution in [0.4, 0.5) is 0 Å². The van der Waals surface area contributed by atoms with Crippen molar-refractivity contribution in [2.24, 2.45) is 0 Å². The fraction of sp³-hybridized carbons (Fsp3) is 0.222. The number of hydrogen-bond acceptors (Lipinski definition) is 3. The minimum Gasteiger partial charge on any atom is -0.309 e. The van der Waals surface area contributed by atoms with Gasteiger partial charge in [-0.15, -0.1) is 0 Å². The summed E-state index contributed by atoms with van der Waals surface area (Å²) >= 11 is 3.58. The number of fused-ring (bicyclic) bond motifs is 1. The fourth-order valence-corrected chi connectivity index (χ4v) is 2.98. The van der Waals surface area contributed by atoms with Gasteiger partial charge in [-0.3, -0.25) is 9.69 Å². The summed E-state index contributed by atoms with van der Waals surface area (Å²) in [6.45, 7) is 4.39. The number of aromatic amines is 1. The van der Waals surface area contributed by atoms with E-state index in [0.29, 0.717) is 17.8 Å². The van der Waals surface area contributed by atoms with Gasteiger partial charge >= 0.3 is 0 Å². The van der Waals surface area contributed by atoms with Gasteiger partial charge < -0.3 is 4.98 Å². The second-order valence-corrected chi connectivity index (χ2v) is 6.28. The summed E-state index contributed by atoms with van der Waals surface area (Å²) in [7, 11) is 0. The van der Waals surface area contributed by atoms with Crippen molar-refractivity contribution in [3.05, 3.63) is 74.7 Å². The third-order valence-electron chi connectivity index (χ3n) is 3.83. The number of benzene rings is 2. The van der Waals surface area contributed by atoms with Crippen LogP contribution >= 0.6 is 15.9 Å². The maximum Gasteiger partial charge on any atom is 0.258 e. The molecule has 1 heterocycles. The zero-order chi connectivity index (χ0) is 16.2. The highest BCUT2D eigenvalue weighted by molar-refractivity contribution is 9.10. The first-order valence-corrected chi connectivity index (χ1v) is 8.40. The molecule has 0 unspecified atom stereocenters. The molecule has 0 saturated heterocycles. The molecule has 0 spiro atoms. The predicted octanol–water partition coefficient (Wildman–Crippen LogP) is 3.71. The molecule has 1 N–H and O–H groups in total. The lowest BCUT2D eigenvalue weighted by atomic mass is 10.2. The number of nitrogens with one attached hydrogen (secondary N) is 1. The van der Waals surface area contributed by atoms with E-state index in [0.717, 1.165) is 23.1 Å². The molecule has 0 saturated carbocycles. The number of halogens is 1. The Balaban J connectivity index is 1.84. The Hall–Kier alpha value is -1.98. The third-order valence-corrected chi connectivity index (χ3v) is 4.61. The van der Waals surface area contributed by atoms with Crippen molar-refractivity contribution in [1.82, 2.24) is 14.9 Å². The molecule has 0 radical (unpaired) electrons. The lowest BCUT2D eigenvalue weighted by molar-refractivity contribution is 0.264. The smallest absolute Gasteiger partial charge is 0.258 e. The lowest BCUT2D eigenvalue weighted by Crippen LogP contribution is -2.25. The van der Waals surface area contributed by atoms with Gasteiger partial charge in [-0.25, -0.2) is 4.98 Å². The minimum absolute atomic E-state index is 0.0810. The highest BCUT2D eigenvalue weighted by Gasteiger charge is 2.10. The molecule has 5 heteroatoms. The van der Waals surface area contributed by atoms with Crippen LogP contribution in [0.5, 0.6) is 0 Å². The average Bonchev–Trinajstić information content (AvgIpc) is 2.56. The van der Waals surface area contributed by atoms with E-state index in [2.05, 4.69) is 43.8 Å². The van der Waals surface area contributed by atoms with Gasteiger partial charge in [0, 0.05) is 11.0 Å². The summed E-state index contributed by atoms with van der Waals surface area (Å²) in [6, 6.07) is 15.6. The summed E-state index contributed by atoms with van der Waals surface area (Å²) in [5.74, 6) is 0.697. The summed E-state index contributed by atoms with van der Waals surface area (Å²) in [5.41, 5.74) is 1.88. The van der Waals surface area contributed by atoms with Crippen molar-refractivity contribution in [2.45, 2.75) is 20.0 Å². The zero-order valence-electron chi connectivity index (χ0n) is 12.9. The normalized spacial score (nSPS) is 11.3. The molecular formula is C18H18BrN3O. The van der Waals surface area contributed by atoms with E-state index in [1.807, 2.05) is 36.4 Å². The van der Waals surface area contributed by atoms with Gasteiger partial charge in [0.25, 0.3) is 5.56 Å². The first-order chi connectivity index (χ1) is 11.2. The highest BCUT2D eigenvalue weighted by atomic mass is 79.9. The second kappa shape index (κ2) is 7.06. The molecule has 0 aliphatic rings. The minimum atomic E-state index is -0.0810. The molecule has 0 aliphatic heterocycles. The van der Waals surface area contributed by atoms with E-state index in [-0.39, 0.29) is 5.56 Å². The van der Waals surface area contributed by atoms with E-state index in [9.17, 15) is 4.79 Å². The predicted molar refractivity (Wildman–Crippen MR) is 96.3 cm³/mol. The largest absolute Gasteiger partial charge is 0.309 e. The topological polar surface area (TPSA) is 49.0 Å². The Labute approximate surface area is 143 Å². The number of aromatic nitrogens is 2. The lowest BCUT2D eigenvalue weighted by Gasteiger charge is -2.20. The van der Waals surface area contributed by atoms with Gasteiger partial charge in [-0.05, 0) is 30.3 Å². The summed E-state index contributed by atoms with van der Waals surface area (Å²) in [6.07, 6.45) is 0. The van der Waals surface area contributed by atoms with Gasteiger partial charge in [0.2, 0.25) is 0 Å². The van der Waals surface area contributed by atoms with Crippen LogP contribution in [0.15, 0.2) is 57.8 Å².